The molecule has 0 unspecified atom stereocenters. The first-order valence-electron chi connectivity index (χ1n) is 5.90. The van der Waals surface area contributed by atoms with Crippen molar-refractivity contribution in [2.75, 3.05) is 20.2 Å². The van der Waals surface area contributed by atoms with Gasteiger partial charge in [0.2, 0.25) is 0 Å². The lowest BCUT2D eigenvalue weighted by molar-refractivity contribution is 0.407. The summed E-state index contributed by atoms with van der Waals surface area (Å²) >= 11 is 5.96. The number of hydrogen-bond donors (Lipinski definition) is 2. The SMILES string of the molecule is COc1ccc(Cl)cc1CNCCNC(C)C. The van der Waals surface area contributed by atoms with Crippen LogP contribution in [-0.2, 0) is 6.54 Å². The highest BCUT2D eigenvalue weighted by Crippen LogP contribution is 2.22. The van der Waals surface area contributed by atoms with Crippen molar-refractivity contribution in [3.05, 3.63) is 28.8 Å². The Morgan fingerprint density at radius 1 is 1.29 bits per heavy atom. The van der Waals surface area contributed by atoms with Crippen molar-refractivity contribution < 1.29 is 4.74 Å². The normalized spacial score (nSPS) is 10.9. The summed E-state index contributed by atoms with van der Waals surface area (Å²) < 4.78 is 5.28. The van der Waals surface area contributed by atoms with Crippen LogP contribution in [0.3, 0.4) is 0 Å². The standard InChI is InChI=1S/C13H21ClN2O/c1-10(2)16-7-6-15-9-11-8-12(14)4-5-13(11)17-3/h4-5,8,10,15-16H,6-7,9H2,1-3H3. The van der Waals surface area contributed by atoms with Gasteiger partial charge in [-0.2, -0.15) is 0 Å². The van der Waals surface area contributed by atoms with Crippen LogP contribution in [0.25, 0.3) is 0 Å². The Morgan fingerprint density at radius 3 is 2.71 bits per heavy atom. The number of benzene rings is 1. The van der Waals surface area contributed by atoms with Crippen LogP contribution in [0.5, 0.6) is 5.75 Å². The van der Waals surface area contributed by atoms with Gasteiger partial charge in [-0.3, -0.25) is 0 Å². The predicted octanol–water partition coefficient (Wildman–Crippen LogP) is 2.44. The van der Waals surface area contributed by atoms with Gasteiger partial charge in [0, 0.05) is 36.3 Å². The van der Waals surface area contributed by atoms with Crippen LogP contribution >= 0.6 is 11.6 Å². The molecule has 1 rings (SSSR count). The summed E-state index contributed by atoms with van der Waals surface area (Å²) in [6.07, 6.45) is 0. The maximum atomic E-state index is 5.96. The lowest BCUT2D eigenvalue weighted by Crippen LogP contribution is -2.31. The molecule has 0 saturated carbocycles. The van der Waals surface area contributed by atoms with Gasteiger partial charge in [-0.1, -0.05) is 25.4 Å². The first-order valence-corrected chi connectivity index (χ1v) is 6.27. The van der Waals surface area contributed by atoms with Crippen LogP contribution in [0.1, 0.15) is 19.4 Å². The summed E-state index contributed by atoms with van der Waals surface area (Å²) in [5, 5.41) is 7.45. The van der Waals surface area contributed by atoms with E-state index in [1.807, 2.05) is 18.2 Å². The van der Waals surface area contributed by atoms with Crippen molar-refractivity contribution in [2.45, 2.75) is 26.4 Å². The smallest absolute Gasteiger partial charge is 0.123 e. The van der Waals surface area contributed by atoms with Gasteiger partial charge in [0.15, 0.2) is 0 Å². The molecule has 0 fully saturated rings. The fraction of sp³-hybridized carbons (Fsp3) is 0.538. The van der Waals surface area contributed by atoms with Crippen molar-refractivity contribution in [2.24, 2.45) is 0 Å². The Morgan fingerprint density at radius 2 is 2.06 bits per heavy atom. The molecule has 0 aromatic heterocycles. The largest absolute Gasteiger partial charge is 0.496 e. The summed E-state index contributed by atoms with van der Waals surface area (Å²) in [4.78, 5) is 0. The van der Waals surface area contributed by atoms with Gasteiger partial charge in [-0.25, -0.2) is 0 Å². The highest BCUT2D eigenvalue weighted by molar-refractivity contribution is 6.30. The third-order valence-electron chi connectivity index (χ3n) is 2.41. The molecule has 0 aliphatic heterocycles. The molecule has 96 valence electrons. The van der Waals surface area contributed by atoms with E-state index >= 15 is 0 Å². The van der Waals surface area contributed by atoms with Gasteiger partial charge in [0.1, 0.15) is 5.75 Å². The minimum absolute atomic E-state index is 0.525. The minimum Gasteiger partial charge on any atom is -0.496 e. The molecule has 17 heavy (non-hydrogen) atoms. The number of halogens is 1. The fourth-order valence-corrected chi connectivity index (χ4v) is 1.75. The summed E-state index contributed by atoms with van der Waals surface area (Å²) in [7, 11) is 1.67. The lowest BCUT2D eigenvalue weighted by atomic mass is 10.2. The molecule has 0 aliphatic carbocycles. The van der Waals surface area contributed by atoms with E-state index in [4.69, 9.17) is 16.3 Å². The van der Waals surface area contributed by atoms with Crippen LogP contribution in [-0.4, -0.2) is 26.2 Å². The lowest BCUT2D eigenvalue weighted by Gasteiger charge is -2.11. The Labute approximate surface area is 109 Å². The average molecular weight is 257 g/mol. The van der Waals surface area contributed by atoms with Crippen molar-refractivity contribution >= 4 is 11.6 Å². The highest BCUT2D eigenvalue weighted by atomic mass is 35.5. The van der Waals surface area contributed by atoms with E-state index in [-0.39, 0.29) is 0 Å². The molecule has 3 nitrogen and oxygen atoms in total. The summed E-state index contributed by atoms with van der Waals surface area (Å²) in [5.74, 6) is 0.874. The maximum Gasteiger partial charge on any atom is 0.123 e. The van der Waals surface area contributed by atoms with Crippen molar-refractivity contribution in [1.82, 2.24) is 10.6 Å². The molecule has 0 saturated heterocycles. The highest BCUT2D eigenvalue weighted by Gasteiger charge is 2.03. The first kappa shape index (κ1) is 14.3. The molecule has 0 amide bonds. The Kier molecular flexibility index (Phi) is 6.34. The summed E-state index contributed by atoms with van der Waals surface area (Å²) in [6.45, 7) is 6.93. The second-order valence-corrected chi connectivity index (χ2v) is 4.68. The summed E-state index contributed by atoms with van der Waals surface area (Å²) in [5.41, 5.74) is 1.09. The van der Waals surface area contributed by atoms with Gasteiger partial charge in [-0.05, 0) is 18.2 Å². The zero-order valence-electron chi connectivity index (χ0n) is 10.7. The van der Waals surface area contributed by atoms with Gasteiger partial charge in [-0.15, -0.1) is 0 Å². The zero-order chi connectivity index (χ0) is 12.7. The van der Waals surface area contributed by atoms with Crippen molar-refractivity contribution in [1.29, 1.82) is 0 Å². The van der Waals surface area contributed by atoms with E-state index in [2.05, 4.69) is 24.5 Å². The Hall–Kier alpha value is -0.770. The molecular formula is C13H21ClN2O. The predicted molar refractivity (Wildman–Crippen MR) is 72.8 cm³/mol. The zero-order valence-corrected chi connectivity index (χ0v) is 11.5. The number of nitrogens with one attached hydrogen (secondary N) is 2. The van der Waals surface area contributed by atoms with E-state index in [1.54, 1.807) is 7.11 Å². The van der Waals surface area contributed by atoms with Crippen LogP contribution in [0.15, 0.2) is 18.2 Å². The quantitative estimate of drug-likeness (QED) is 0.736. The van der Waals surface area contributed by atoms with E-state index in [1.165, 1.54) is 0 Å². The van der Waals surface area contributed by atoms with Gasteiger partial charge >= 0.3 is 0 Å². The molecule has 0 aliphatic rings. The molecular weight excluding hydrogens is 236 g/mol. The van der Waals surface area contributed by atoms with E-state index in [0.29, 0.717) is 6.04 Å². The Balaban J connectivity index is 2.37. The van der Waals surface area contributed by atoms with Gasteiger partial charge in [0.25, 0.3) is 0 Å². The van der Waals surface area contributed by atoms with Crippen LogP contribution in [0, 0.1) is 0 Å². The van der Waals surface area contributed by atoms with Crippen LogP contribution in [0.2, 0.25) is 5.02 Å². The third kappa shape index (κ3) is 5.39. The second kappa shape index (κ2) is 7.54. The maximum absolute atomic E-state index is 5.96. The average Bonchev–Trinajstić information content (AvgIpc) is 2.28. The topological polar surface area (TPSA) is 33.3 Å². The molecule has 0 spiro atoms. The number of rotatable bonds is 7. The molecule has 2 N–H and O–H groups in total. The molecule has 1 aromatic rings. The number of ether oxygens (including phenoxy) is 1. The van der Waals surface area contributed by atoms with Crippen LogP contribution in [0.4, 0.5) is 0 Å². The number of methoxy groups -OCH3 is 1. The van der Waals surface area contributed by atoms with Crippen molar-refractivity contribution in [3.63, 3.8) is 0 Å². The van der Waals surface area contributed by atoms with Gasteiger partial charge < -0.3 is 15.4 Å². The monoisotopic (exact) mass is 256 g/mol. The van der Waals surface area contributed by atoms with Crippen molar-refractivity contribution in [3.8, 4) is 5.75 Å². The summed E-state index contributed by atoms with van der Waals surface area (Å²) in [6, 6.07) is 6.19. The van der Waals surface area contributed by atoms with Crippen LogP contribution < -0.4 is 15.4 Å². The van der Waals surface area contributed by atoms with Gasteiger partial charge in [0.05, 0.1) is 7.11 Å². The van der Waals surface area contributed by atoms with E-state index in [9.17, 15) is 0 Å². The molecule has 0 bridgehead atoms. The Bertz CT molecular complexity index is 342. The van der Waals surface area contributed by atoms with E-state index in [0.717, 1.165) is 36.0 Å². The molecule has 0 heterocycles. The minimum atomic E-state index is 0.525. The molecule has 1 aromatic carbocycles. The number of hydrogen-bond acceptors (Lipinski definition) is 3. The molecule has 0 radical (unpaired) electrons. The second-order valence-electron chi connectivity index (χ2n) is 4.24. The first-order chi connectivity index (χ1) is 8.13. The molecule has 0 atom stereocenters. The van der Waals surface area contributed by atoms with E-state index < -0.39 is 0 Å². The third-order valence-corrected chi connectivity index (χ3v) is 2.65. The fourth-order valence-electron chi connectivity index (χ4n) is 1.56. The molecule has 4 heteroatoms.